The standard InChI is InChI=1S/C21H23N3O2S/c1-13-9-10-14(2)18(11-13)19(25)15(3)27-21-23-22-20(24(21)4)16-7-6-8-17(12-16)26-5/h6-12,15H,1-5H3. The Bertz CT molecular complexity index is 981. The van der Waals surface area contributed by atoms with Crippen LogP contribution in [0.1, 0.15) is 28.4 Å². The van der Waals surface area contributed by atoms with Crippen molar-refractivity contribution in [1.82, 2.24) is 14.8 Å². The highest BCUT2D eigenvalue weighted by atomic mass is 32.2. The number of hydrogen-bond acceptors (Lipinski definition) is 5. The molecule has 1 heterocycles. The maximum Gasteiger partial charge on any atom is 0.191 e. The molecule has 0 amide bonds. The maximum absolute atomic E-state index is 12.9. The number of thioether (sulfide) groups is 1. The zero-order valence-electron chi connectivity index (χ0n) is 16.2. The van der Waals surface area contributed by atoms with Crippen LogP contribution in [-0.2, 0) is 7.05 Å². The van der Waals surface area contributed by atoms with Crippen molar-refractivity contribution in [1.29, 1.82) is 0 Å². The van der Waals surface area contributed by atoms with Gasteiger partial charge in [-0.25, -0.2) is 0 Å². The minimum Gasteiger partial charge on any atom is -0.497 e. The second kappa shape index (κ2) is 7.96. The Kier molecular flexibility index (Phi) is 5.65. The molecule has 1 atom stereocenters. The van der Waals surface area contributed by atoms with Gasteiger partial charge in [-0.15, -0.1) is 10.2 Å². The van der Waals surface area contributed by atoms with Gasteiger partial charge in [0.15, 0.2) is 16.8 Å². The highest BCUT2D eigenvalue weighted by Crippen LogP contribution is 2.29. The Morgan fingerprint density at radius 3 is 2.67 bits per heavy atom. The predicted octanol–water partition coefficient (Wildman–Crippen LogP) is 4.47. The third-order valence-electron chi connectivity index (χ3n) is 4.47. The lowest BCUT2D eigenvalue weighted by Crippen LogP contribution is -2.16. The number of ketones is 1. The number of rotatable bonds is 6. The zero-order valence-corrected chi connectivity index (χ0v) is 17.0. The van der Waals surface area contributed by atoms with E-state index < -0.39 is 0 Å². The summed E-state index contributed by atoms with van der Waals surface area (Å²) in [6.45, 7) is 5.87. The molecule has 0 aliphatic carbocycles. The average Bonchev–Trinajstić information content (AvgIpc) is 3.03. The lowest BCUT2D eigenvalue weighted by Gasteiger charge is -2.12. The Morgan fingerprint density at radius 1 is 1.15 bits per heavy atom. The first-order chi connectivity index (χ1) is 12.9. The molecule has 3 rings (SSSR count). The Balaban J connectivity index is 1.83. The molecule has 3 aromatic rings. The summed E-state index contributed by atoms with van der Waals surface area (Å²) in [5.74, 6) is 1.61. The van der Waals surface area contributed by atoms with Crippen molar-refractivity contribution in [2.45, 2.75) is 31.2 Å². The third kappa shape index (κ3) is 4.06. The normalized spacial score (nSPS) is 12.0. The van der Waals surface area contributed by atoms with E-state index in [0.717, 1.165) is 33.8 Å². The molecule has 1 unspecified atom stereocenters. The molecule has 0 fully saturated rings. The lowest BCUT2D eigenvalue weighted by molar-refractivity contribution is 0.0993. The van der Waals surface area contributed by atoms with Gasteiger partial charge >= 0.3 is 0 Å². The second-order valence-electron chi connectivity index (χ2n) is 6.54. The molecule has 0 aliphatic heterocycles. The molecule has 0 saturated heterocycles. The number of ether oxygens (including phenoxy) is 1. The Hall–Kier alpha value is -2.60. The molecule has 0 N–H and O–H groups in total. The highest BCUT2D eigenvalue weighted by Gasteiger charge is 2.22. The van der Waals surface area contributed by atoms with Crippen LogP contribution in [0.15, 0.2) is 47.6 Å². The van der Waals surface area contributed by atoms with Crippen molar-refractivity contribution < 1.29 is 9.53 Å². The van der Waals surface area contributed by atoms with Crippen LogP contribution >= 0.6 is 11.8 Å². The summed E-state index contributed by atoms with van der Waals surface area (Å²) in [4.78, 5) is 12.9. The number of hydrogen-bond donors (Lipinski definition) is 0. The van der Waals surface area contributed by atoms with Crippen LogP contribution in [0.5, 0.6) is 5.75 Å². The number of aryl methyl sites for hydroxylation is 2. The van der Waals surface area contributed by atoms with Crippen molar-refractivity contribution in [2.75, 3.05) is 7.11 Å². The summed E-state index contributed by atoms with van der Waals surface area (Å²) in [5, 5.41) is 9.04. The number of Topliss-reactive ketones (excluding diaryl/α,β-unsaturated/α-hetero) is 1. The molecule has 0 aliphatic rings. The van der Waals surface area contributed by atoms with E-state index in [-0.39, 0.29) is 11.0 Å². The topological polar surface area (TPSA) is 57.0 Å². The first-order valence-electron chi connectivity index (χ1n) is 8.72. The van der Waals surface area contributed by atoms with Crippen molar-refractivity contribution in [3.8, 4) is 17.1 Å². The molecule has 1 aromatic heterocycles. The van der Waals surface area contributed by atoms with E-state index in [2.05, 4.69) is 10.2 Å². The molecule has 0 radical (unpaired) electrons. The first-order valence-corrected chi connectivity index (χ1v) is 9.60. The first kappa shape index (κ1) is 19.2. The van der Waals surface area contributed by atoms with Crippen molar-refractivity contribution in [3.63, 3.8) is 0 Å². The number of aromatic nitrogens is 3. The predicted molar refractivity (Wildman–Crippen MR) is 109 cm³/mol. The summed E-state index contributed by atoms with van der Waals surface area (Å²) < 4.78 is 7.19. The van der Waals surface area contributed by atoms with Crippen LogP contribution in [0, 0.1) is 13.8 Å². The molecule has 27 heavy (non-hydrogen) atoms. The Morgan fingerprint density at radius 2 is 1.93 bits per heavy atom. The third-order valence-corrected chi connectivity index (χ3v) is 5.61. The molecule has 140 valence electrons. The van der Waals surface area contributed by atoms with E-state index >= 15 is 0 Å². The van der Waals surface area contributed by atoms with Crippen LogP contribution in [0.3, 0.4) is 0 Å². The van der Waals surface area contributed by atoms with Gasteiger partial charge in [0.25, 0.3) is 0 Å². The van der Waals surface area contributed by atoms with Crippen LogP contribution in [-0.4, -0.2) is 32.9 Å². The van der Waals surface area contributed by atoms with E-state index in [1.807, 2.05) is 74.9 Å². The van der Waals surface area contributed by atoms with Crippen LogP contribution in [0.4, 0.5) is 0 Å². The van der Waals surface area contributed by atoms with Gasteiger partial charge in [-0.3, -0.25) is 4.79 Å². The largest absolute Gasteiger partial charge is 0.497 e. The average molecular weight is 382 g/mol. The summed E-state index contributed by atoms with van der Waals surface area (Å²) >= 11 is 1.42. The molecule has 5 nitrogen and oxygen atoms in total. The molecule has 6 heteroatoms. The molecule has 0 saturated carbocycles. The van der Waals surface area contributed by atoms with Crippen LogP contribution in [0.2, 0.25) is 0 Å². The fourth-order valence-electron chi connectivity index (χ4n) is 2.86. The van der Waals surface area contributed by atoms with Gasteiger partial charge in [-0.05, 0) is 44.5 Å². The molecule has 0 spiro atoms. The number of methoxy groups -OCH3 is 1. The van der Waals surface area contributed by atoms with E-state index in [1.165, 1.54) is 11.8 Å². The molecule has 2 aromatic carbocycles. The molecule has 0 bridgehead atoms. The van der Waals surface area contributed by atoms with Gasteiger partial charge in [0.05, 0.1) is 12.4 Å². The van der Waals surface area contributed by atoms with Gasteiger partial charge in [0, 0.05) is 18.2 Å². The molecular weight excluding hydrogens is 358 g/mol. The van der Waals surface area contributed by atoms with Gasteiger partial charge in [-0.2, -0.15) is 0 Å². The summed E-state index contributed by atoms with van der Waals surface area (Å²) in [6, 6.07) is 13.7. The minimum atomic E-state index is -0.258. The van der Waals surface area contributed by atoms with Gasteiger partial charge < -0.3 is 9.30 Å². The van der Waals surface area contributed by atoms with E-state index in [9.17, 15) is 4.79 Å². The lowest BCUT2D eigenvalue weighted by atomic mass is 10.0. The zero-order chi connectivity index (χ0) is 19.6. The Labute approximate surface area is 163 Å². The SMILES string of the molecule is COc1cccc(-c2nnc(SC(C)C(=O)c3cc(C)ccc3C)n2C)c1. The number of benzene rings is 2. The van der Waals surface area contributed by atoms with Crippen molar-refractivity contribution in [3.05, 3.63) is 59.2 Å². The van der Waals surface area contributed by atoms with E-state index in [1.54, 1.807) is 7.11 Å². The smallest absolute Gasteiger partial charge is 0.191 e. The highest BCUT2D eigenvalue weighted by molar-refractivity contribution is 8.00. The van der Waals surface area contributed by atoms with Crippen LogP contribution in [0.25, 0.3) is 11.4 Å². The van der Waals surface area contributed by atoms with Crippen molar-refractivity contribution >= 4 is 17.5 Å². The summed E-state index contributed by atoms with van der Waals surface area (Å²) in [5.41, 5.74) is 3.77. The van der Waals surface area contributed by atoms with E-state index in [0.29, 0.717) is 5.16 Å². The number of carbonyl (C=O) groups is 1. The quantitative estimate of drug-likeness (QED) is 0.466. The molecular formula is C21H23N3O2S. The fourth-order valence-corrected chi connectivity index (χ4v) is 3.75. The number of carbonyl (C=O) groups excluding carboxylic acids is 1. The monoisotopic (exact) mass is 381 g/mol. The minimum absolute atomic E-state index is 0.104. The van der Waals surface area contributed by atoms with Gasteiger partial charge in [0.2, 0.25) is 0 Å². The van der Waals surface area contributed by atoms with Gasteiger partial charge in [0.1, 0.15) is 5.75 Å². The number of nitrogens with zero attached hydrogens (tertiary/aromatic N) is 3. The fraction of sp³-hybridized carbons (Fsp3) is 0.286. The van der Waals surface area contributed by atoms with Gasteiger partial charge in [-0.1, -0.05) is 41.6 Å². The summed E-state index contributed by atoms with van der Waals surface area (Å²) in [6.07, 6.45) is 0. The van der Waals surface area contributed by atoms with Crippen molar-refractivity contribution in [2.24, 2.45) is 7.05 Å². The second-order valence-corrected chi connectivity index (χ2v) is 7.85. The van der Waals surface area contributed by atoms with E-state index in [4.69, 9.17) is 4.74 Å². The van der Waals surface area contributed by atoms with Crippen LogP contribution < -0.4 is 4.74 Å². The maximum atomic E-state index is 12.9. The summed E-state index contributed by atoms with van der Waals surface area (Å²) in [7, 11) is 3.55.